The van der Waals surface area contributed by atoms with Gasteiger partial charge in [-0.05, 0) is 37.2 Å². The van der Waals surface area contributed by atoms with Crippen molar-refractivity contribution in [3.8, 4) is 0 Å². The van der Waals surface area contributed by atoms with Crippen LogP contribution < -0.4 is 5.32 Å². The average molecular weight is 406 g/mol. The summed E-state index contributed by atoms with van der Waals surface area (Å²) in [5.74, 6) is -0.257. The van der Waals surface area contributed by atoms with Crippen molar-refractivity contribution in [3.63, 3.8) is 0 Å². The van der Waals surface area contributed by atoms with E-state index in [0.717, 1.165) is 12.0 Å². The standard InChI is InChI=1S/C23H32FNO4/c1-15(21(28-2)19-11-18(24)14-25-19)20(26)10-9-17-13-23(17,22(27)29-3)12-16-7-5-4-6-8-16/h4-8,15,17-19,21,25H,9-14H2,1-3H3/t15-,17+,18-,19?,21+,23+/m0/s1. The number of ether oxygens (including phenoxy) is 2. The summed E-state index contributed by atoms with van der Waals surface area (Å²) in [5, 5.41) is 3.12. The van der Waals surface area contributed by atoms with Crippen molar-refractivity contribution in [1.82, 2.24) is 5.32 Å². The summed E-state index contributed by atoms with van der Waals surface area (Å²) in [7, 11) is 3.00. The molecule has 29 heavy (non-hydrogen) atoms. The Morgan fingerprint density at radius 3 is 2.59 bits per heavy atom. The van der Waals surface area contributed by atoms with Crippen LogP contribution in [0.15, 0.2) is 30.3 Å². The lowest BCUT2D eigenvalue weighted by Gasteiger charge is -2.27. The summed E-state index contributed by atoms with van der Waals surface area (Å²) in [5.41, 5.74) is 0.585. The molecule has 6 atom stereocenters. The normalized spacial score (nSPS) is 30.6. The molecule has 3 rings (SSSR count). The molecule has 1 saturated heterocycles. The van der Waals surface area contributed by atoms with E-state index in [4.69, 9.17) is 9.47 Å². The van der Waals surface area contributed by atoms with Crippen molar-refractivity contribution >= 4 is 11.8 Å². The Morgan fingerprint density at radius 1 is 1.28 bits per heavy atom. The van der Waals surface area contributed by atoms with E-state index in [1.54, 1.807) is 7.11 Å². The molecule has 1 unspecified atom stereocenters. The molecule has 0 spiro atoms. The number of Topliss-reactive ketones (excluding diaryl/α,β-unsaturated/α-hetero) is 1. The largest absolute Gasteiger partial charge is 0.469 e. The number of hydrogen-bond acceptors (Lipinski definition) is 5. The quantitative estimate of drug-likeness (QED) is 0.606. The van der Waals surface area contributed by atoms with E-state index in [2.05, 4.69) is 5.32 Å². The zero-order chi connectivity index (χ0) is 21.0. The Labute approximate surface area is 172 Å². The van der Waals surface area contributed by atoms with E-state index < -0.39 is 11.6 Å². The fraction of sp³-hybridized carbons (Fsp3) is 0.652. The van der Waals surface area contributed by atoms with Gasteiger partial charge in [0.1, 0.15) is 12.0 Å². The second kappa shape index (κ2) is 9.35. The number of ketones is 1. The van der Waals surface area contributed by atoms with Gasteiger partial charge in [-0.2, -0.15) is 0 Å². The summed E-state index contributed by atoms with van der Waals surface area (Å²) >= 11 is 0. The fourth-order valence-electron chi connectivity index (χ4n) is 4.88. The zero-order valence-corrected chi connectivity index (χ0v) is 17.5. The van der Waals surface area contributed by atoms with Crippen LogP contribution in [0.25, 0.3) is 0 Å². The van der Waals surface area contributed by atoms with Gasteiger partial charge in [-0.3, -0.25) is 9.59 Å². The molecule has 0 amide bonds. The molecule has 1 aromatic rings. The average Bonchev–Trinajstić information content (AvgIpc) is 3.27. The third-order valence-electron chi connectivity index (χ3n) is 6.71. The van der Waals surface area contributed by atoms with Gasteiger partial charge < -0.3 is 14.8 Å². The van der Waals surface area contributed by atoms with E-state index in [1.165, 1.54) is 7.11 Å². The number of esters is 1. The molecule has 1 N–H and O–H groups in total. The number of halogens is 1. The number of hydrogen-bond donors (Lipinski definition) is 1. The van der Waals surface area contributed by atoms with Gasteiger partial charge in [-0.1, -0.05) is 37.3 Å². The summed E-state index contributed by atoms with van der Waals surface area (Å²) < 4.78 is 24.1. The number of alkyl halides is 1. The van der Waals surface area contributed by atoms with Crippen LogP contribution in [0.5, 0.6) is 0 Å². The first-order valence-corrected chi connectivity index (χ1v) is 10.5. The van der Waals surface area contributed by atoms with Gasteiger partial charge in [-0.15, -0.1) is 0 Å². The minimum Gasteiger partial charge on any atom is -0.469 e. The number of rotatable bonds is 10. The van der Waals surface area contributed by atoms with Crippen LogP contribution in [0.1, 0.15) is 38.2 Å². The molecular weight excluding hydrogens is 373 g/mol. The van der Waals surface area contributed by atoms with Gasteiger partial charge in [0.2, 0.25) is 0 Å². The molecule has 2 aliphatic rings. The first-order chi connectivity index (χ1) is 13.9. The second-order valence-corrected chi connectivity index (χ2v) is 8.55. The molecule has 1 heterocycles. The molecule has 6 heteroatoms. The Hall–Kier alpha value is -1.79. The smallest absolute Gasteiger partial charge is 0.312 e. The summed E-state index contributed by atoms with van der Waals surface area (Å²) in [4.78, 5) is 25.3. The van der Waals surface area contributed by atoms with E-state index in [-0.39, 0.29) is 35.7 Å². The highest BCUT2D eigenvalue weighted by Crippen LogP contribution is 2.58. The van der Waals surface area contributed by atoms with Gasteiger partial charge in [-0.25, -0.2) is 4.39 Å². The van der Waals surface area contributed by atoms with Crippen molar-refractivity contribution in [2.75, 3.05) is 20.8 Å². The van der Waals surface area contributed by atoms with Crippen molar-refractivity contribution in [2.45, 2.75) is 57.3 Å². The number of methoxy groups -OCH3 is 2. The molecule has 5 nitrogen and oxygen atoms in total. The van der Waals surface area contributed by atoms with E-state index in [0.29, 0.717) is 32.2 Å². The summed E-state index contributed by atoms with van der Waals surface area (Å²) in [6.07, 6.45) is 1.59. The summed E-state index contributed by atoms with van der Waals surface area (Å²) in [6, 6.07) is 9.78. The van der Waals surface area contributed by atoms with Crippen LogP contribution in [0.4, 0.5) is 4.39 Å². The minimum atomic E-state index is -0.884. The van der Waals surface area contributed by atoms with Crippen LogP contribution in [-0.2, 0) is 25.5 Å². The van der Waals surface area contributed by atoms with Gasteiger partial charge in [0, 0.05) is 32.0 Å². The number of benzene rings is 1. The predicted molar refractivity (Wildman–Crippen MR) is 108 cm³/mol. The SMILES string of the molecule is COC(=O)[C@]1(Cc2ccccc2)C[C@H]1CCC(=O)[C@H](C)[C@@H](OC)C1C[C@H](F)CN1. The van der Waals surface area contributed by atoms with Crippen molar-refractivity contribution < 1.29 is 23.5 Å². The maximum Gasteiger partial charge on any atom is 0.312 e. The predicted octanol–water partition coefficient (Wildman–Crippen LogP) is 3.11. The molecule has 0 radical (unpaired) electrons. The lowest BCUT2D eigenvalue weighted by molar-refractivity contribution is -0.148. The molecule has 0 bridgehead atoms. The number of carbonyl (C=O) groups excluding carboxylic acids is 2. The monoisotopic (exact) mass is 405 g/mol. The van der Waals surface area contributed by atoms with Gasteiger partial charge in [0.15, 0.2) is 0 Å². The Kier molecular flexibility index (Phi) is 7.06. The molecule has 160 valence electrons. The number of carbonyl (C=O) groups is 2. The highest BCUT2D eigenvalue weighted by Gasteiger charge is 2.60. The third kappa shape index (κ3) is 4.86. The topological polar surface area (TPSA) is 64.6 Å². The molecule has 1 aromatic carbocycles. The van der Waals surface area contributed by atoms with Crippen LogP contribution >= 0.6 is 0 Å². The molecule has 2 fully saturated rings. The molecule has 0 aromatic heterocycles. The van der Waals surface area contributed by atoms with E-state index >= 15 is 0 Å². The Balaban J connectivity index is 1.57. The Morgan fingerprint density at radius 2 is 2.00 bits per heavy atom. The molecule has 1 aliphatic carbocycles. The van der Waals surface area contributed by atoms with Crippen molar-refractivity contribution in [3.05, 3.63) is 35.9 Å². The first-order valence-electron chi connectivity index (χ1n) is 10.5. The maximum atomic E-state index is 13.5. The van der Waals surface area contributed by atoms with Crippen molar-refractivity contribution in [2.24, 2.45) is 17.3 Å². The van der Waals surface area contributed by atoms with E-state index in [1.807, 2.05) is 37.3 Å². The van der Waals surface area contributed by atoms with Crippen LogP contribution in [0.3, 0.4) is 0 Å². The Bertz CT molecular complexity index is 712. The first kappa shape index (κ1) is 21.9. The lowest BCUT2D eigenvalue weighted by atomic mass is 9.88. The van der Waals surface area contributed by atoms with Gasteiger partial charge in [0.05, 0.1) is 18.6 Å². The molecule has 1 saturated carbocycles. The maximum absolute atomic E-state index is 13.5. The highest BCUT2D eigenvalue weighted by molar-refractivity contribution is 5.83. The minimum absolute atomic E-state index is 0.103. The van der Waals surface area contributed by atoms with E-state index in [9.17, 15) is 14.0 Å². The number of nitrogens with one attached hydrogen (secondary N) is 1. The van der Waals surface area contributed by atoms with Gasteiger partial charge in [0.25, 0.3) is 0 Å². The third-order valence-corrected chi connectivity index (χ3v) is 6.71. The molecular formula is C23H32FNO4. The fourth-order valence-corrected chi connectivity index (χ4v) is 4.88. The lowest BCUT2D eigenvalue weighted by Crippen LogP contribution is -2.43. The van der Waals surface area contributed by atoms with Crippen molar-refractivity contribution in [1.29, 1.82) is 0 Å². The summed E-state index contributed by atoms with van der Waals surface area (Å²) in [6.45, 7) is 2.17. The van der Waals surface area contributed by atoms with Crippen LogP contribution in [-0.4, -0.2) is 50.8 Å². The van der Waals surface area contributed by atoms with Crippen LogP contribution in [0.2, 0.25) is 0 Å². The molecule has 1 aliphatic heterocycles. The van der Waals surface area contributed by atoms with Gasteiger partial charge >= 0.3 is 5.97 Å². The van der Waals surface area contributed by atoms with Crippen LogP contribution in [0, 0.1) is 17.3 Å². The highest BCUT2D eigenvalue weighted by atomic mass is 19.1. The second-order valence-electron chi connectivity index (χ2n) is 8.55. The zero-order valence-electron chi connectivity index (χ0n) is 17.5.